The second kappa shape index (κ2) is 9.81. The first-order chi connectivity index (χ1) is 16.0. The molecule has 9 heteroatoms. The monoisotopic (exact) mass is 450 g/mol. The Kier molecular flexibility index (Phi) is 6.67. The lowest BCUT2D eigenvalue weighted by Crippen LogP contribution is -2.48. The maximum absolute atomic E-state index is 13.4. The van der Waals surface area contributed by atoms with E-state index in [2.05, 4.69) is 5.32 Å². The van der Waals surface area contributed by atoms with Crippen LogP contribution in [0, 0.1) is 16.0 Å². The fourth-order valence-electron chi connectivity index (χ4n) is 4.41. The van der Waals surface area contributed by atoms with E-state index in [1.807, 2.05) is 31.2 Å². The smallest absolute Gasteiger partial charge is 0.410 e. The van der Waals surface area contributed by atoms with E-state index in [-0.39, 0.29) is 23.3 Å². The van der Waals surface area contributed by atoms with Crippen LogP contribution in [0.1, 0.15) is 44.6 Å². The number of ether oxygens (including phenoxy) is 1. The zero-order valence-corrected chi connectivity index (χ0v) is 18.4. The molecule has 2 aliphatic rings. The van der Waals surface area contributed by atoms with Gasteiger partial charge in [-0.2, -0.15) is 0 Å². The first-order valence-electron chi connectivity index (χ1n) is 11.2. The number of carbonyl (C=O) groups is 2. The molecule has 0 unspecified atom stereocenters. The van der Waals surface area contributed by atoms with Crippen LogP contribution in [0.3, 0.4) is 0 Å². The molecule has 0 aromatic heterocycles. The number of para-hydroxylation sites is 1. The summed E-state index contributed by atoms with van der Waals surface area (Å²) in [4.78, 5) is 42.8. The summed E-state index contributed by atoms with van der Waals surface area (Å²) in [7, 11) is 0. The SMILES string of the molecule is CCCN1C(=O)[C@H](NC(=O)Oc2ccc([N+](=O)[O-])cc2)N=C(C2CCCC2)c2ccccc21. The number of carbonyl (C=O) groups excluding carboxylic acids is 2. The number of amides is 2. The second-order valence-corrected chi connectivity index (χ2v) is 8.19. The quantitative estimate of drug-likeness (QED) is 0.516. The summed E-state index contributed by atoms with van der Waals surface area (Å²) in [5, 5.41) is 13.4. The van der Waals surface area contributed by atoms with Crippen molar-refractivity contribution in [1.29, 1.82) is 0 Å². The van der Waals surface area contributed by atoms with Crippen LogP contribution >= 0.6 is 0 Å². The first kappa shape index (κ1) is 22.4. The number of nitrogens with one attached hydrogen (secondary N) is 1. The molecule has 2 aromatic rings. The summed E-state index contributed by atoms with van der Waals surface area (Å²) >= 11 is 0. The third kappa shape index (κ3) is 4.87. The average molecular weight is 450 g/mol. The van der Waals surface area contributed by atoms with Crippen LogP contribution in [0.5, 0.6) is 5.75 Å². The van der Waals surface area contributed by atoms with Gasteiger partial charge in [-0.15, -0.1) is 0 Å². The largest absolute Gasteiger partial charge is 0.414 e. The zero-order valence-electron chi connectivity index (χ0n) is 18.4. The van der Waals surface area contributed by atoms with E-state index in [4.69, 9.17) is 9.73 Å². The fourth-order valence-corrected chi connectivity index (χ4v) is 4.41. The molecule has 1 N–H and O–H groups in total. The number of hydrogen-bond acceptors (Lipinski definition) is 6. The number of rotatable bonds is 6. The Bertz CT molecular complexity index is 1080. The summed E-state index contributed by atoms with van der Waals surface area (Å²) in [6, 6.07) is 12.9. The fraction of sp³-hybridized carbons (Fsp3) is 0.375. The number of fused-ring (bicyclic) bond motifs is 1. The Balaban J connectivity index is 1.61. The van der Waals surface area contributed by atoms with Crippen LogP contribution in [0.25, 0.3) is 0 Å². The molecule has 0 saturated heterocycles. The molecule has 33 heavy (non-hydrogen) atoms. The molecule has 1 saturated carbocycles. The molecule has 9 nitrogen and oxygen atoms in total. The van der Waals surface area contributed by atoms with Crippen LogP contribution in [-0.2, 0) is 4.79 Å². The summed E-state index contributed by atoms with van der Waals surface area (Å²) in [5.74, 6) is 0.0429. The van der Waals surface area contributed by atoms with Crippen molar-refractivity contribution in [2.75, 3.05) is 11.4 Å². The van der Waals surface area contributed by atoms with E-state index >= 15 is 0 Å². The van der Waals surface area contributed by atoms with Gasteiger partial charge >= 0.3 is 6.09 Å². The molecular weight excluding hydrogens is 424 g/mol. The molecule has 172 valence electrons. The lowest BCUT2D eigenvalue weighted by molar-refractivity contribution is -0.384. The van der Waals surface area contributed by atoms with Gasteiger partial charge < -0.3 is 9.64 Å². The third-order valence-electron chi connectivity index (χ3n) is 5.94. The minimum absolute atomic E-state index is 0.111. The van der Waals surface area contributed by atoms with E-state index in [1.54, 1.807) is 4.90 Å². The number of aliphatic imine (C=N–C) groups is 1. The van der Waals surface area contributed by atoms with E-state index in [9.17, 15) is 19.7 Å². The van der Waals surface area contributed by atoms with Gasteiger partial charge in [0.25, 0.3) is 11.6 Å². The molecule has 2 amide bonds. The summed E-state index contributed by atoms with van der Waals surface area (Å²) < 4.78 is 5.26. The van der Waals surface area contributed by atoms with Crippen molar-refractivity contribution in [3.8, 4) is 5.75 Å². The molecule has 2 aromatic carbocycles. The molecular formula is C24H26N4O5. The molecule has 4 rings (SSSR count). The Morgan fingerprint density at radius 3 is 2.55 bits per heavy atom. The Morgan fingerprint density at radius 1 is 1.18 bits per heavy atom. The van der Waals surface area contributed by atoms with Crippen molar-refractivity contribution in [2.45, 2.75) is 45.2 Å². The van der Waals surface area contributed by atoms with Gasteiger partial charge in [-0.25, -0.2) is 4.79 Å². The van der Waals surface area contributed by atoms with Gasteiger partial charge in [0.2, 0.25) is 6.17 Å². The number of nitro groups is 1. The molecule has 0 bridgehead atoms. The van der Waals surface area contributed by atoms with Gasteiger partial charge in [0.15, 0.2) is 0 Å². The van der Waals surface area contributed by atoms with Crippen molar-refractivity contribution in [3.63, 3.8) is 0 Å². The van der Waals surface area contributed by atoms with Crippen LogP contribution < -0.4 is 15.0 Å². The molecule has 1 atom stereocenters. The van der Waals surface area contributed by atoms with E-state index in [0.29, 0.717) is 6.54 Å². The van der Waals surface area contributed by atoms with E-state index < -0.39 is 17.2 Å². The Hall–Kier alpha value is -3.75. The van der Waals surface area contributed by atoms with Crippen LogP contribution in [0.15, 0.2) is 53.5 Å². The first-order valence-corrected chi connectivity index (χ1v) is 11.2. The van der Waals surface area contributed by atoms with Crippen molar-refractivity contribution in [3.05, 3.63) is 64.2 Å². The standard InChI is InChI=1S/C24H26N4O5/c1-2-15-27-20-10-6-5-9-19(20)21(16-7-3-4-8-16)25-22(23(27)29)26-24(30)33-18-13-11-17(12-14-18)28(31)32/h5-6,9-14,16,22H,2-4,7-8,15H2,1H3,(H,26,30)/t22-/m0/s1. The topological polar surface area (TPSA) is 114 Å². The van der Waals surface area contributed by atoms with Crippen molar-refractivity contribution >= 4 is 29.1 Å². The maximum Gasteiger partial charge on any atom is 0.414 e. The van der Waals surface area contributed by atoms with Crippen LogP contribution in [0.2, 0.25) is 0 Å². The van der Waals surface area contributed by atoms with Crippen LogP contribution in [-0.4, -0.2) is 35.3 Å². The third-order valence-corrected chi connectivity index (χ3v) is 5.94. The molecule has 1 heterocycles. The number of nitrogens with zero attached hydrogens (tertiary/aromatic N) is 3. The Labute approximate surface area is 191 Å². The number of hydrogen-bond donors (Lipinski definition) is 1. The van der Waals surface area contributed by atoms with Crippen molar-refractivity contribution in [1.82, 2.24) is 5.32 Å². The number of non-ortho nitro benzene ring substituents is 1. The molecule has 0 spiro atoms. The van der Waals surface area contributed by atoms with Crippen molar-refractivity contribution in [2.24, 2.45) is 10.9 Å². The van der Waals surface area contributed by atoms with E-state index in [1.165, 1.54) is 24.3 Å². The number of benzene rings is 2. The van der Waals surface area contributed by atoms with Crippen molar-refractivity contribution < 1.29 is 19.2 Å². The summed E-state index contributed by atoms with van der Waals surface area (Å²) in [6.45, 7) is 2.49. The highest BCUT2D eigenvalue weighted by atomic mass is 16.6. The molecule has 1 aliphatic heterocycles. The number of benzodiazepines with no additional fused rings is 1. The van der Waals surface area contributed by atoms with Gasteiger partial charge in [0.05, 0.1) is 16.3 Å². The zero-order chi connectivity index (χ0) is 23.4. The van der Waals surface area contributed by atoms with Gasteiger partial charge in [-0.05, 0) is 37.5 Å². The van der Waals surface area contributed by atoms with Gasteiger partial charge in [0.1, 0.15) is 5.75 Å². The number of anilines is 1. The highest BCUT2D eigenvalue weighted by molar-refractivity contribution is 6.14. The molecule has 1 aliphatic carbocycles. The van der Waals surface area contributed by atoms with Gasteiger partial charge in [-0.1, -0.05) is 38.0 Å². The Morgan fingerprint density at radius 2 is 1.88 bits per heavy atom. The van der Waals surface area contributed by atoms with Gasteiger partial charge in [0, 0.05) is 30.2 Å². The minimum atomic E-state index is -1.12. The predicted octanol–water partition coefficient (Wildman–Crippen LogP) is 4.45. The minimum Gasteiger partial charge on any atom is -0.410 e. The number of nitro benzene ring substituents is 1. The van der Waals surface area contributed by atoms with Crippen LogP contribution in [0.4, 0.5) is 16.2 Å². The lowest BCUT2D eigenvalue weighted by Gasteiger charge is -2.25. The summed E-state index contributed by atoms with van der Waals surface area (Å²) in [6.07, 6.45) is 2.99. The highest BCUT2D eigenvalue weighted by Crippen LogP contribution is 2.34. The average Bonchev–Trinajstić information content (AvgIpc) is 3.31. The second-order valence-electron chi connectivity index (χ2n) is 8.19. The molecule has 0 radical (unpaired) electrons. The van der Waals surface area contributed by atoms with E-state index in [0.717, 1.165) is 49.1 Å². The normalized spacial score (nSPS) is 18.3. The predicted molar refractivity (Wildman–Crippen MR) is 124 cm³/mol. The maximum atomic E-state index is 13.4. The molecule has 1 fully saturated rings. The summed E-state index contributed by atoms with van der Waals surface area (Å²) in [5.41, 5.74) is 2.47. The highest BCUT2D eigenvalue weighted by Gasteiger charge is 2.35. The van der Waals surface area contributed by atoms with Gasteiger partial charge in [-0.3, -0.25) is 25.2 Å². The lowest BCUT2D eigenvalue weighted by atomic mass is 9.94.